The topological polar surface area (TPSA) is 154 Å². The fourth-order valence-corrected chi connectivity index (χ4v) is 1.94. The molecule has 10 heteroatoms. The van der Waals surface area contributed by atoms with Crippen LogP contribution in [-0.4, -0.2) is 66.7 Å². The van der Waals surface area contributed by atoms with Crippen molar-refractivity contribution in [2.75, 3.05) is 26.7 Å². The van der Waals surface area contributed by atoms with E-state index < -0.39 is 30.0 Å². The van der Waals surface area contributed by atoms with E-state index in [1.54, 1.807) is 0 Å². The van der Waals surface area contributed by atoms with E-state index in [1.807, 2.05) is 0 Å². The van der Waals surface area contributed by atoms with Crippen molar-refractivity contribution in [2.24, 2.45) is 5.73 Å². The van der Waals surface area contributed by atoms with Gasteiger partial charge in [-0.25, -0.2) is 9.59 Å². The summed E-state index contributed by atoms with van der Waals surface area (Å²) in [5.74, 6) is -1.33. The van der Waals surface area contributed by atoms with Crippen LogP contribution in [0.2, 0.25) is 0 Å². The van der Waals surface area contributed by atoms with Crippen LogP contribution in [0.4, 0.5) is 9.59 Å². The quantitative estimate of drug-likeness (QED) is 0.306. The summed E-state index contributed by atoms with van der Waals surface area (Å²) in [6.45, 7) is 2.69. The molecule has 0 aliphatic heterocycles. The smallest absolute Gasteiger partial charge is 0.407 e. The molecule has 0 aliphatic carbocycles. The molecule has 1 atom stereocenters. The zero-order valence-electron chi connectivity index (χ0n) is 14.8. The van der Waals surface area contributed by atoms with Gasteiger partial charge < -0.3 is 31.7 Å². The largest absolute Gasteiger partial charge is 0.465 e. The summed E-state index contributed by atoms with van der Waals surface area (Å²) >= 11 is 0. The van der Waals surface area contributed by atoms with Crippen LogP contribution in [0.5, 0.6) is 0 Å². The fraction of sp³-hybridized carbons (Fsp3) is 0.733. The number of hydrogen-bond acceptors (Lipinski definition) is 4. The van der Waals surface area contributed by atoms with Gasteiger partial charge in [0, 0.05) is 26.7 Å². The average molecular weight is 359 g/mol. The van der Waals surface area contributed by atoms with Crippen LogP contribution >= 0.6 is 0 Å². The Balaban J connectivity index is 4.33. The maximum atomic E-state index is 12.1. The van der Waals surface area contributed by atoms with Gasteiger partial charge in [0.1, 0.15) is 6.04 Å². The molecule has 0 radical (unpaired) electrons. The van der Waals surface area contributed by atoms with Crippen LogP contribution in [-0.2, 0) is 9.59 Å². The van der Waals surface area contributed by atoms with E-state index in [0.29, 0.717) is 6.54 Å². The first-order chi connectivity index (χ1) is 11.8. The second-order valence-corrected chi connectivity index (χ2v) is 5.68. The van der Waals surface area contributed by atoms with Gasteiger partial charge in [-0.1, -0.05) is 26.2 Å². The number of rotatable bonds is 12. The second kappa shape index (κ2) is 12.8. The van der Waals surface area contributed by atoms with Gasteiger partial charge in [-0.3, -0.25) is 9.59 Å². The molecule has 25 heavy (non-hydrogen) atoms. The zero-order valence-corrected chi connectivity index (χ0v) is 14.8. The third-order valence-corrected chi connectivity index (χ3v) is 3.42. The Kier molecular flexibility index (Phi) is 11.6. The molecule has 6 N–H and O–H groups in total. The van der Waals surface area contributed by atoms with E-state index in [9.17, 15) is 19.2 Å². The van der Waals surface area contributed by atoms with Crippen molar-refractivity contribution in [3.05, 3.63) is 0 Å². The lowest BCUT2D eigenvalue weighted by molar-refractivity contribution is -0.126. The molecule has 0 rings (SSSR count). The number of nitrogens with two attached hydrogens (primary N) is 1. The summed E-state index contributed by atoms with van der Waals surface area (Å²) in [4.78, 5) is 46.6. The van der Waals surface area contributed by atoms with E-state index in [1.165, 1.54) is 7.05 Å². The van der Waals surface area contributed by atoms with Gasteiger partial charge in [0.25, 0.3) is 0 Å². The molecule has 0 aromatic heterocycles. The molecule has 144 valence electrons. The van der Waals surface area contributed by atoms with Crippen molar-refractivity contribution in [3.8, 4) is 0 Å². The summed E-state index contributed by atoms with van der Waals surface area (Å²) in [6, 6.07) is -1.66. The van der Waals surface area contributed by atoms with Gasteiger partial charge in [-0.15, -0.1) is 0 Å². The number of hydrogen-bond donors (Lipinski definition) is 5. The van der Waals surface area contributed by atoms with Crippen molar-refractivity contribution >= 4 is 23.9 Å². The van der Waals surface area contributed by atoms with Crippen LogP contribution in [0, 0.1) is 0 Å². The number of urea groups is 1. The zero-order chi connectivity index (χ0) is 19.2. The van der Waals surface area contributed by atoms with Gasteiger partial charge in [0.05, 0.1) is 6.42 Å². The number of carbonyl (C=O) groups excluding carboxylic acids is 3. The maximum absolute atomic E-state index is 12.1. The molecule has 0 saturated carbocycles. The first-order valence-electron chi connectivity index (χ1n) is 8.32. The molecule has 0 aliphatic rings. The molecular weight excluding hydrogens is 330 g/mol. The number of carboxylic acid groups (broad SMARTS) is 1. The maximum Gasteiger partial charge on any atom is 0.407 e. The van der Waals surface area contributed by atoms with Crippen molar-refractivity contribution in [1.82, 2.24) is 20.9 Å². The summed E-state index contributed by atoms with van der Waals surface area (Å²) < 4.78 is 0. The van der Waals surface area contributed by atoms with Crippen LogP contribution in [0.15, 0.2) is 0 Å². The molecule has 0 bridgehead atoms. The Hall–Kier alpha value is -2.52. The van der Waals surface area contributed by atoms with Gasteiger partial charge in [-0.2, -0.15) is 0 Å². The first-order valence-corrected chi connectivity index (χ1v) is 8.32. The first kappa shape index (κ1) is 22.5. The van der Waals surface area contributed by atoms with E-state index >= 15 is 0 Å². The molecule has 0 spiro atoms. The van der Waals surface area contributed by atoms with Gasteiger partial charge in [0.15, 0.2) is 0 Å². The highest BCUT2D eigenvalue weighted by molar-refractivity contribution is 5.91. The third-order valence-electron chi connectivity index (χ3n) is 3.42. The van der Waals surface area contributed by atoms with Gasteiger partial charge in [0.2, 0.25) is 11.8 Å². The highest BCUT2D eigenvalue weighted by atomic mass is 16.4. The monoisotopic (exact) mass is 359 g/mol. The van der Waals surface area contributed by atoms with Crippen LogP contribution in [0.3, 0.4) is 0 Å². The third kappa shape index (κ3) is 11.6. The minimum atomic E-state index is -1.12. The van der Waals surface area contributed by atoms with E-state index in [2.05, 4.69) is 22.9 Å². The van der Waals surface area contributed by atoms with Crippen LogP contribution in [0.1, 0.15) is 39.0 Å². The van der Waals surface area contributed by atoms with Crippen LogP contribution < -0.4 is 21.7 Å². The molecule has 0 aromatic rings. The summed E-state index contributed by atoms with van der Waals surface area (Å²) in [5, 5.41) is 16.2. The molecule has 0 aromatic carbocycles. The molecule has 0 saturated heterocycles. The Morgan fingerprint density at radius 3 is 2.32 bits per heavy atom. The molecule has 10 nitrogen and oxygen atoms in total. The molecule has 0 fully saturated rings. The number of primary amides is 1. The Morgan fingerprint density at radius 2 is 1.76 bits per heavy atom. The van der Waals surface area contributed by atoms with Crippen molar-refractivity contribution in [2.45, 2.75) is 45.1 Å². The average Bonchev–Trinajstić information content (AvgIpc) is 2.53. The number of nitrogens with zero attached hydrogens (tertiary/aromatic N) is 1. The number of amides is 5. The van der Waals surface area contributed by atoms with E-state index in [4.69, 9.17) is 10.8 Å². The Bertz CT molecular complexity index is 458. The SMILES string of the molecule is CCCCCCNC(=O)N[C@H](CC(N)=O)C(=O)NCCN(C)C(=O)O. The predicted molar refractivity (Wildman–Crippen MR) is 91.9 cm³/mol. The number of carbonyl (C=O) groups is 4. The standard InChI is InChI=1S/C15H29N5O5/c1-3-4-5-6-7-18-14(23)19-11(10-12(16)21)13(22)17-8-9-20(2)15(24)25/h11H,3-10H2,1-2H3,(H2,16,21)(H,17,22)(H,24,25)(H2,18,19,23)/t11-/m1/s1. The summed E-state index contributed by atoms with van der Waals surface area (Å²) in [6.07, 6.45) is 2.53. The summed E-state index contributed by atoms with van der Waals surface area (Å²) in [5.41, 5.74) is 5.10. The highest BCUT2D eigenvalue weighted by Crippen LogP contribution is 1.97. The van der Waals surface area contributed by atoms with Crippen molar-refractivity contribution in [3.63, 3.8) is 0 Å². The number of likely N-dealkylation sites (N-methyl/N-ethyl adjacent to an activating group) is 1. The lowest BCUT2D eigenvalue weighted by Crippen LogP contribution is -2.52. The Labute approximate surface area is 147 Å². The van der Waals surface area contributed by atoms with Crippen molar-refractivity contribution in [1.29, 1.82) is 0 Å². The number of nitrogens with one attached hydrogen (secondary N) is 3. The van der Waals surface area contributed by atoms with Gasteiger partial charge >= 0.3 is 12.1 Å². The van der Waals surface area contributed by atoms with Crippen LogP contribution in [0.25, 0.3) is 0 Å². The molecule has 5 amide bonds. The van der Waals surface area contributed by atoms with Gasteiger partial charge in [-0.05, 0) is 6.42 Å². The predicted octanol–water partition coefficient (Wildman–Crippen LogP) is -0.164. The van der Waals surface area contributed by atoms with E-state index in [0.717, 1.165) is 30.6 Å². The minimum absolute atomic E-state index is 0.0528. The summed E-state index contributed by atoms with van der Waals surface area (Å²) in [7, 11) is 1.36. The Morgan fingerprint density at radius 1 is 1.08 bits per heavy atom. The lowest BCUT2D eigenvalue weighted by atomic mass is 10.2. The normalized spacial score (nSPS) is 11.3. The van der Waals surface area contributed by atoms with Crippen molar-refractivity contribution < 1.29 is 24.3 Å². The second-order valence-electron chi connectivity index (χ2n) is 5.68. The van der Waals surface area contributed by atoms with E-state index in [-0.39, 0.29) is 19.5 Å². The minimum Gasteiger partial charge on any atom is -0.465 e. The lowest BCUT2D eigenvalue weighted by Gasteiger charge is -2.19. The fourth-order valence-electron chi connectivity index (χ4n) is 1.94. The molecular formula is C15H29N5O5. The molecule has 0 unspecified atom stereocenters. The molecule has 0 heterocycles. The number of unbranched alkanes of at least 4 members (excludes halogenated alkanes) is 3. The highest BCUT2D eigenvalue weighted by Gasteiger charge is 2.22.